The van der Waals surface area contributed by atoms with Gasteiger partial charge < -0.3 is 38.5 Å². The zero-order valence-corrected chi connectivity index (χ0v) is 38.1. The van der Waals surface area contributed by atoms with E-state index in [4.69, 9.17) is 18.9 Å². The van der Waals surface area contributed by atoms with Gasteiger partial charge in [0, 0.05) is 11.1 Å². The second kappa shape index (κ2) is 16.1. The van der Waals surface area contributed by atoms with E-state index in [9.17, 15) is 10.5 Å². The van der Waals surface area contributed by atoms with Crippen molar-refractivity contribution >= 4 is 68.2 Å². The molecule has 0 bridgehead atoms. The predicted molar refractivity (Wildman–Crippen MR) is 280 cm³/mol. The Bertz CT molecular complexity index is 3550. The molecular weight excluding hydrogens is 893 g/mol. The summed E-state index contributed by atoms with van der Waals surface area (Å²) in [6.45, 7) is 0. The summed E-state index contributed by atoms with van der Waals surface area (Å²) in [7, 11) is 0. The summed E-state index contributed by atoms with van der Waals surface area (Å²) in [5.74, 6) is 5.16. The summed E-state index contributed by atoms with van der Waals surface area (Å²) in [6.07, 6.45) is 0. The van der Waals surface area contributed by atoms with Gasteiger partial charge in [-0.25, -0.2) is 0 Å². The number of benzene rings is 10. The predicted octanol–water partition coefficient (Wildman–Crippen LogP) is 17.4. The smallest absolute Gasteiger partial charge is 0.151 e. The summed E-state index contributed by atoms with van der Waals surface area (Å²) in [6, 6.07) is 76.6. The summed E-state index contributed by atoms with van der Waals surface area (Å²) in [5, 5.41) is 22.7. The van der Waals surface area contributed by atoms with Gasteiger partial charge in [0.25, 0.3) is 0 Å². The lowest BCUT2D eigenvalue weighted by Gasteiger charge is -2.41. The molecule has 0 N–H and O–H groups in total. The molecule has 10 aromatic carbocycles. The molecule has 0 aliphatic carbocycles. The molecule has 0 saturated heterocycles. The van der Waals surface area contributed by atoms with Crippen LogP contribution in [-0.4, -0.2) is 0 Å². The van der Waals surface area contributed by atoms with Crippen molar-refractivity contribution in [2.24, 2.45) is 0 Å². The number of rotatable bonds is 5. The molecule has 0 spiro atoms. The van der Waals surface area contributed by atoms with Crippen LogP contribution in [0.3, 0.4) is 0 Å². The highest BCUT2D eigenvalue weighted by Gasteiger charge is 2.39. The fraction of sp³-hybridized carbons (Fsp3) is 0. The Kier molecular flexibility index (Phi) is 9.08. The van der Waals surface area contributed by atoms with E-state index in [0.29, 0.717) is 91.0 Å². The Labute approximate surface area is 414 Å². The van der Waals surface area contributed by atoms with Crippen LogP contribution < -0.4 is 38.5 Å². The Morgan fingerprint density at radius 3 is 0.681 bits per heavy atom. The van der Waals surface area contributed by atoms with Crippen molar-refractivity contribution in [2.45, 2.75) is 0 Å². The van der Waals surface area contributed by atoms with E-state index >= 15 is 0 Å². The van der Waals surface area contributed by atoms with Gasteiger partial charge in [-0.15, -0.1) is 0 Å². The maximum Gasteiger partial charge on any atom is 0.151 e. The van der Waals surface area contributed by atoms with Crippen LogP contribution in [0.25, 0.3) is 11.1 Å². The third-order valence-corrected chi connectivity index (χ3v) is 13.4. The largest absolute Gasteiger partial charge is 0.453 e. The molecule has 10 aromatic rings. The first-order valence-electron chi connectivity index (χ1n) is 23.4. The minimum Gasteiger partial charge on any atom is -0.453 e. The van der Waals surface area contributed by atoms with Gasteiger partial charge in [-0.1, -0.05) is 97.1 Å². The Morgan fingerprint density at radius 2 is 0.458 bits per heavy atom. The van der Waals surface area contributed by atoms with E-state index in [0.717, 1.165) is 45.5 Å². The molecule has 10 heteroatoms. The van der Waals surface area contributed by atoms with Gasteiger partial charge in [-0.2, -0.15) is 10.5 Å². The zero-order chi connectivity index (χ0) is 47.9. The third kappa shape index (κ3) is 6.20. The van der Waals surface area contributed by atoms with Crippen LogP contribution in [0.1, 0.15) is 11.1 Å². The molecule has 0 saturated carbocycles. The van der Waals surface area contributed by atoms with Crippen molar-refractivity contribution < 1.29 is 18.9 Å². The number of anilines is 12. The van der Waals surface area contributed by atoms with Gasteiger partial charge in [0.05, 0.1) is 91.5 Å². The number of fused-ring (bicyclic) bond motifs is 8. The van der Waals surface area contributed by atoms with Crippen molar-refractivity contribution in [3.63, 3.8) is 0 Å². The van der Waals surface area contributed by atoms with Crippen molar-refractivity contribution in [1.29, 1.82) is 10.5 Å². The van der Waals surface area contributed by atoms with Gasteiger partial charge >= 0.3 is 0 Å². The third-order valence-electron chi connectivity index (χ3n) is 13.4. The van der Waals surface area contributed by atoms with Crippen molar-refractivity contribution in [2.75, 3.05) is 19.6 Å². The SMILES string of the molecule is N#Cc1cc(-c2cc(C#N)cc(N3c4ccccc4Oc4ccccc43)c2N2c3ccccc3Oc3ccccc32)c(N2c3ccccc3Oc3ccccc32)c(N2c3ccccc3Oc3ccccc32)c1. The highest BCUT2D eigenvalue weighted by molar-refractivity contribution is 6.10. The van der Waals surface area contributed by atoms with Crippen LogP contribution >= 0.6 is 0 Å². The van der Waals surface area contributed by atoms with Gasteiger partial charge in [0.15, 0.2) is 46.0 Å². The van der Waals surface area contributed by atoms with Crippen molar-refractivity contribution in [3.05, 3.63) is 230 Å². The van der Waals surface area contributed by atoms with Gasteiger partial charge in [-0.05, 0) is 121 Å². The normalized spacial score (nSPS) is 13.0. The number of ether oxygens (including phenoxy) is 4. The van der Waals surface area contributed by atoms with Crippen LogP contribution in [0.4, 0.5) is 68.2 Å². The molecule has 4 aliphatic heterocycles. The molecule has 0 atom stereocenters. The minimum atomic E-state index is 0.389. The Morgan fingerprint density at radius 1 is 0.250 bits per heavy atom. The molecule has 4 aliphatic rings. The van der Waals surface area contributed by atoms with Crippen LogP contribution in [0.5, 0.6) is 46.0 Å². The van der Waals surface area contributed by atoms with E-state index in [1.165, 1.54) is 0 Å². The van der Waals surface area contributed by atoms with Crippen LogP contribution in [-0.2, 0) is 0 Å². The summed E-state index contributed by atoms with van der Waals surface area (Å²) >= 11 is 0. The molecule has 14 rings (SSSR count). The van der Waals surface area contributed by atoms with Gasteiger partial charge in [0.1, 0.15) is 0 Å². The number of nitriles is 2. The molecule has 4 heterocycles. The fourth-order valence-electron chi connectivity index (χ4n) is 10.4. The maximum atomic E-state index is 11.4. The monoisotopic (exact) mass is 928 g/mol. The average molecular weight is 929 g/mol. The first-order valence-corrected chi connectivity index (χ1v) is 23.4. The van der Waals surface area contributed by atoms with E-state index in [-0.39, 0.29) is 0 Å². The molecule has 72 heavy (non-hydrogen) atoms. The minimum absolute atomic E-state index is 0.389. The topological polar surface area (TPSA) is 97.5 Å². The molecule has 0 fully saturated rings. The number of para-hydroxylation sites is 16. The van der Waals surface area contributed by atoms with Crippen molar-refractivity contribution in [3.8, 4) is 69.3 Å². The second-order valence-corrected chi connectivity index (χ2v) is 17.5. The van der Waals surface area contributed by atoms with Crippen LogP contribution in [0.15, 0.2) is 218 Å². The molecule has 0 amide bonds. The van der Waals surface area contributed by atoms with E-state index in [2.05, 4.69) is 31.7 Å². The molecule has 338 valence electrons. The van der Waals surface area contributed by atoms with Crippen LogP contribution in [0, 0.1) is 22.7 Å². The number of hydrogen-bond donors (Lipinski definition) is 0. The van der Waals surface area contributed by atoms with Gasteiger partial charge in [0.2, 0.25) is 0 Å². The molecule has 0 unspecified atom stereocenters. The first-order chi connectivity index (χ1) is 35.6. The van der Waals surface area contributed by atoms with E-state index in [1.54, 1.807) is 0 Å². The lowest BCUT2D eigenvalue weighted by molar-refractivity contribution is 0.476. The van der Waals surface area contributed by atoms with Crippen LogP contribution in [0.2, 0.25) is 0 Å². The average Bonchev–Trinajstić information content (AvgIpc) is 3.44. The lowest BCUT2D eigenvalue weighted by Crippen LogP contribution is -2.24. The Hall–Kier alpha value is -10.4. The van der Waals surface area contributed by atoms with E-state index < -0.39 is 0 Å². The number of nitrogens with zero attached hydrogens (tertiary/aromatic N) is 6. The van der Waals surface area contributed by atoms with Crippen molar-refractivity contribution in [1.82, 2.24) is 0 Å². The van der Waals surface area contributed by atoms with Gasteiger partial charge in [-0.3, -0.25) is 0 Å². The summed E-state index contributed by atoms with van der Waals surface area (Å²) in [4.78, 5) is 8.81. The molecular formula is C62H36N6O4. The standard InChI is InChI=1S/C62H36N6O4/c63-37-39-33-41(61(67-47-21-5-13-29-57(47)71-58-30-14-6-22-48(58)67)51(35-39)65-43-17-1-9-25-53(43)69-54-26-10-2-18-44(54)65)42-34-40(38-64)36-52(66-45-19-3-11-27-55(45)70-56-28-12-4-20-46(56)66)62(42)68-49-23-7-15-31-59(49)72-60-32-16-8-24-50(60)68/h1-36H. The first kappa shape index (κ1) is 40.6. The lowest BCUT2D eigenvalue weighted by atomic mass is 9.91. The van der Waals surface area contributed by atoms with E-state index in [1.807, 2.05) is 218 Å². The second-order valence-electron chi connectivity index (χ2n) is 17.5. The summed E-state index contributed by atoms with van der Waals surface area (Å²) < 4.78 is 26.7. The molecule has 0 aromatic heterocycles. The fourth-order valence-corrected chi connectivity index (χ4v) is 10.4. The molecule has 0 radical (unpaired) electrons. The number of hydrogen-bond acceptors (Lipinski definition) is 10. The Balaban J connectivity index is 1.19. The molecule has 10 nitrogen and oxygen atoms in total. The maximum absolute atomic E-state index is 11.4. The highest BCUT2D eigenvalue weighted by atomic mass is 16.5. The quantitative estimate of drug-likeness (QED) is 0.166. The summed E-state index contributed by atoms with van der Waals surface area (Å²) in [5.41, 5.74) is 11.1. The zero-order valence-electron chi connectivity index (χ0n) is 38.1. The highest BCUT2D eigenvalue weighted by Crippen LogP contribution is 2.64.